The molecule has 0 saturated carbocycles. The number of rotatable bonds is 7. The second kappa shape index (κ2) is 8.30. The normalized spacial score (nSPS) is 12.0. The van der Waals surface area contributed by atoms with Crippen LogP contribution in [0.4, 0.5) is 10.7 Å². The smallest absolute Gasteiger partial charge is 0.324 e. The van der Waals surface area contributed by atoms with Gasteiger partial charge in [-0.2, -0.15) is 0 Å². The molecule has 0 spiro atoms. The zero-order chi connectivity index (χ0) is 16.7. The molecule has 1 aromatic heterocycles. The monoisotopic (exact) mass is 319 g/mol. The van der Waals surface area contributed by atoms with E-state index in [0.717, 1.165) is 5.56 Å². The van der Waals surface area contributed by atoms with Gasteiger partial charge in [-0.25, -0.2) is 4.79 Å². The first-order chi connectivity index (χ1) is 11.0. The van der Waals surface area contributed by atoms with Gasteiger partial charge in [0, 0.05) is 13.1 Å². The standard InChI is InChI=1S/C16H21N3O4/c1-12-8-15(23-18-12)17-16(21)19(2)9-14(20)11-22-10-13-6-4-3-5-7-13/h3-8,14,20H,9-11H2,1-2H3,(H,17,21)/t14-/m0/s1. The summed E-state index contributed by atoms with van der Waals surface area (Å²) in [6.45, 7) is 2.48. The predicted octanol–water partition coefficient (Wildman–Crippen LogP) is 2.02. The maximum absolute atomic E-state index is 11.9. The van der Waals surface area contributed by atoms with Crippen molar-refractivity contribution in [2.75, 3.05) is 25.5 Å². The average Bonchev–Trinajstić information content (AvgIpc) is 2.93. The summed E-state index contributed by atoms with van der Waals surface area (Å²) in [7, 11) is 1.58. The Morgan fingerprint density at radius 3 is 2.83 bits per heavy atom. The zero-order valence-electron chi connectivity index (χ0n) is 13.2. The molecule has 0 aliphatic heterocycles. The number of anilines is 1. The number of nitrogens with one attached hydrogen (secondary N) is 1. The van der Waals surface area contributed by atoms with Gasteiger partial charge < -0.3 is 19.3 Å². The van der Waals surface area contributed by atoms with Crippen LogP contribution < -0.4 is 5.32 Å². The molecule has 23 heavy (non-hydrogen) atoms. The van der Waals surface area contributed by atoms with Crippen molar-refractivity contribution in [1.82, 2.24) is 10.1 Å². The summed E-state index contributed by atoms with van der Waals surface area (Å²) in [6.07, 6.45) is -0.772. The lowest BCUT2D eigenvalue weighted by molar-refractivity contribution is 0.0188. The van der Waals surface area contributed by atoms with E-state index < -0.39 is 6.10 Å². The molecule has 2 N–H and O–H groups in total. The highest BCUT2D eigenvalue weighted by molar-refractivity contribution is 5.87. The van der Waals surface area contributed by atoms with Gasteiger partial charge in [-0.3, -0.25) is 5.32 Å². The van der Waals surface area contributed by atoms with Crippen molar-refractivity contribution in [2.45, 2.75) is 19.6 Å². The maximum atomic E-state index is 11.9. The van der Waals surface area contributed by atoms with Crippen molar-refractivity contribution in [3.8, 4) is 0 Å². The molecule has 1 heterocycles. The Hall–Kier alpha value is -2.38. The number of hydrogen-bond donors (Lipinski definition) is 2. The summed E-state index contributed by atoms with van der Waals surface area (Å²) in [5.41, 5.74) is 1.71. The molecule has 0 fully saturated rings. The van der Waals surface area contributed by atoms with Gasteiger partial charge in [0.05, 0.1) is 31.6 Å². The van der Waals surface area contributed by atoms with Gasteiger partial charge in [-0.1, -0.05) is 35.5 Å². The van der Waals surface area contributed by atoms with Crippen LogP contribution in [-0.2, 0) is 11.3 Å². The second-order valence-electron chi connectivity index (χ2n) is 5.30. The van der Waals surface area contributed by atoms with Gasteiger partial charge >= 0.3 is 6.03 Å². The summed E-state index contributed by atoms with van der Waals surface area (Å²) in [5, 5.41) is 16.2. The fourth-order valence-corrected chi connectivity index (χ4v) is 1.96. The Kier molecular flexibility index (Phi) is 6.13. The van der Waals surface area contributed by atoms with Gasteiger partial charge in [-0.15, -0.1) is 0 Å². The van der Waals surface area contributed by atoms with Crippen molar-refractivity contribution in [3.05, 3.63) is 47.7 Å². The van der Waals surface area contributed by atoms with E-state index in [9.17, 15) is 9.90 Å². The number of aliphatic hydroxyl groups excluding tert-OH is 1. The minimum atomic E-state index is -0.772. The van der Waals surface area contributed by atoms with Crippen LogP contribution in [0.25, 0.3) is 0 Å². The summed E-state index contributed by atoms with van der Waals surface area (Å²) < 4.78 is 10.4. The van der Waals surface area contributed by atoms with Crippen molar-refractivity contribution >= 4 is 11.9 Å². The lowest BCUT2D eigenvalue weighted by Gasteiger charge is -2.20. The third kappa shape index (κ3) is 5.72. The molecule has 0 aliphatic carbocycles. The number of hydrogen-bond acceptors (Lipinski definition) is 5. The van der Waals surface area contributed by atoms with Crippen molar-refractivity contribution in [1.29, 1.82) is 0 Å². The molecular weight excluding hydrogens is 298 g/mol. The number of nitrogens with zero attached hydrogens (tertiary/aromatic N) is 2. The molecule has 7 heteroatoms. The van der Waals surface area contributed by atoms with Crippen LogP contribution >= 0.6 is 0 Å². The van der Waals surface area contributed by atoms with Crippen LogP contribution in [0.3, 0.4) is 0 Å². The zero-order valence-corrected chi connectivity index (χ0v) is 13.2. The van der Waals surface area contributed by atoms with E-state index in [-0.39, 0.29) is 25.1 Å². The quantitative estimate of drug-likeness (QED) is 0.815. The lowest BCUT2D eigenvalue weighted by Crippen LogP contribution is -2.38. The van der Waals surface area contributed by atoms with E-state index in [4.69, 9.17) is 9.26 Å². The first kappa shape index (κ1) is 17.0. The van der Waals surface area contributed by atoms with Gasteiger partial charge in [0.2, 0.25) is 5.88 Å². The summed E-state index contributed by atoms with van der Waals surface area (Å²) in [4.78, 5) is 13.3. The highest BCUT2D eigenvalue weighted by Gasteiger charge is 2.15. The van der Waals surface area contributed by atoms with E-state index in [2.05, 4.69) is 10.5 Å². The Balaban J connectivity index is 1.69. The van der Waals surface area contributed by atoms with Crippen LogP contribution in [0.2, 0.25) is 0 Å². The molecule has 1 atom stereocenters. The van der Waals surface area contributed by atoms with Crippen LogP contribution in [-0.4, -0.2) is 47.5 Å². The van der Waals surface area contributed by atoms with Gasteiger partial charge in [0.25, 0.3) is 0 Å². The third-order valence-corrected chi connectivity index (χ3v) is 3.11. The molecule has 2 rings (SSSR count). The molecule has 7 nitrogen and oxygen atoms in total. The van der Waals surface area contributed by atoms with Crippen molar-refractivity contribution in [3.63, 3.8) is 0 Å². The van der Waals surface area contributed by atoms with Gasteiger partial charge in [0.15, 0.2) is 0 Å². The summed E-state index contributed by atoms with van der Waals surface area (Å²) in [5.74, 6) is 0.272. The van der Waals surface area contributed by atoms with Crippen molar-refractivity contribution in [2.24, 2.45) is 0 Å². The molecule has 0 unspecified atom stereocenters. The molecule has 0 aliphatic rings. The number of carbonyl (C=O) groups excluding carboxylic acids is 1. The molecule has 1 aromatic carbocycles. The first-order valence-electron chi connectivity index (χ1n) is 7.30. The number of urea groups is 1. The number of likely N-dealkylation sites (N-methyl/N-ethyl adjacent to an activating group) is 1. The lowest BCUT2D eigenvalue weighted by atomic mass is 10.2. The predicted molar refractivity (Wildman–Crippen MR) is 85.0 cm³/mol. The minimum Gasteiger partial charge on any atom is -0.389 e. The van der Waals surface area contributed by atoms with E-state index in [1.807, 2.05) is 30.3 Å². The topological polar surface area (TPSA) is 87.8 Å². The number of amides is 2. The molecule has 124 valence electrons. The number of aromatic nitrogens is 1. The first-order valence-corrected chi connectivity index (χ1v) is 7.30. The highest BCUT2D eigenvalue weighted by Crippen LogP contribution is 2.09. The Labute approximate surface area is 134 Å². The molecule has 2 aromatic rings. The highest BCUT2D eigenvalue weighted by atomic mass is 16.5. The number of aliphatic hydroxyl groups is 1. The van der Waals surface area contributed by atoms with E-state index in [0.29, 0.717) is 12.3 Å². The fraction of sp³-hybridized carbons (Fsp3) is 0.375. The summed E-state index contributed by atoms with van der Waals surface area (Å²) in [6, 6.07) is 10.9. The Bertz CT molecular complexity index is 615. The molecule has 2 amide bonds. The molecule has 0 saturated heterocycles. The SMILES string of the molecule is Cc1cc(NC(=O)N(C)C[C@H](O)COCc2ccccc2)on1. The molecule has 0 radical (unpaired) electrons. The number of aryl methyl sites for hydroxylation is 1. The Morgan fingerprint density at radius 1 is 1.43 bits per heavy atom. The Morgan fingerprint density at radius 2 is 2.17 bits per heavy atom. The van der Waals surface area contributed by atoms with Gasteiger partial charge in [-0.05, 0) is 12.5 Å². The van der Waals surface area contributed by atoms with E-state index in [1.165, 1.54) is 4.90 Å². The van der Waals surface area contributed by atoms with Crippen LogP contribution in [0.15, 0.2) is 40.9 Å². The molecule has 0 bridgehead atoms. The third-order valence-electron chi connectivity index (χ3n) is 3.11. The van der Waals surface area contributed by atoms with Crippen molar-refractivity contribution < 1.29 is 19.2 Å². The number of benzene rings is 1. The summed E-state index contributed by atoms with van der Waals surface area (Å²) >= 11 is 0. The van der Waals surface area contributed by atoms with E-state index in [1.54, 1.807) is 20.0 Å². The van der Waals surface area contributed by atoms with E-state index >= 15 is 0 Å². The van der Waals surface area contributed by atoms with Crippen LogP contribution in [0, 0.1) is 6.92 Å². The maximum Gasteiger partial charge on any atom is 0.324 e. The average molecular weight is 319 g/mol. The van der Waals surface area contributed by atoms with Crippen LogP contribution in [0.1, 0.15) is 11.3 Å². The number of ether oxygens (including phenoxy) is 1. The molecular formula is C16H21N3O4. The minimum absolute atomic E-state index is 0.147. The van der Waals surface area contributed by atoms with Crippen LogP contribution in [0.5, 0.6) is 0 Å². The largest absolute Gasteiger partial charge is 0.389 e. The fourth-order valence-electron chi connectivity index (χ4n) is 1.96. The number of carbonyl (C=O) groups is 1. The second-order valence-corrected chi connectivity index (χ2v) is 5.30. The van der Waals surface area contributed by atoms with Gasteiger partial charge in [0.1, 0.15) is 0 Å².